The van der Waals surface area contributed by atoms with Crippen LogP contribution in [0.1, 0.15) is 43.8 Å². The van der Waals surface area contributed by atoms with Crippen LogP contribution in [-0.4, -0.2) is 28.7 Å². The summed E-state index contributed by atoms with van der Waals surface area (Å²) in [5.41, 5.74) is 12.8. The SMILES string of the molecule is Cl.N=C(N)c1ccc2cc(OC(=O)c3ccc(C(N)C(=O)C=Cc4ccc(C(=O)O)cc4)o3)ccc2c1. The molecule has 0 aliphatic carbocycles. The minimum Gasteiger partial charge on any atom is -0.478 e. The molecule has 6 N–H and O–H groups in total. The van der Waals surface area contributed by atoms with Crippen molar-refractivity contribution in [2.45, 2.75) is 6.04 Å². The Morgan fingerprint density at radius 3 is 2.24 bits per heavy atom. The summed E-state index contributed by atoms with van der Waals surface area (Å²) in [6, 6.07) is 17.9. The number of carbonyl (C=O) groups is 3. The molecule has 3 aromatic carbocycles. The molecule has 188 valence electrons. The maximum atomic E-state index is 12.5. The van der Waals surface area contributed by atoms with Gasteiger partial charge in [0, 0.05) is 5.56 Å². The van der Waals surface area contributed by atoms with Crippen LogP contribution in [0.25, 0.3) is 16.8 Å². The molecule has 1 aromatic heterocycles. The van der Waals surface area contributed by atoms with Crippen LogP contribution in [0.15, 0.2) is 83.3 Å². The number of rotatable bonds is 8. The minimum absolute atomic E-state index is 0. The first kappa shape index (κ1) is 26.9. The van der Waals surface area contributed by atoms with Crippen molar-refractivity contribution in [2.75, 3.05) is 0 Å². The zero-order valence-corrected chi connectivity index (χ0v) is 20.0. The third kappa shape index (κ3) is 6.29. The Balaban J connectivity index is 0.00000380. The molecule has 0 saturated heterocycles. The van der Waals surface area contributed by atoms with E-state index in [9.17, 15) is 14.4 Å². The maximum Gasteiger partial charge on any atom is 0.379 e. The van der Waals surface area contributed by atoms with Gasteiger partial charge in [-0.1, -0.05) is 36.4 Å². The van der Waals surface area contributed by atoms with E-state index >= 15 is 0 Å². The lowest BCUT2D eigenvalue weighted by atomic mass is 10.1. The Kier molecular flexibility index (Phi) is 8.23. The molecule has 9 nitrogen and oxygen atoms in total. The fourth-order valence-corrected chi connectivity index (χ4v) is 3.40. The number of nitrogens with one attached hydrogen (secondary N) is 1. The number of ketones is 1. The highest BCUT2D eigenvalue weighted by atomic mass is 35.5. The second-order valence-corrected chi connectivity index (χ2v) is 7.87. The van der Waals surface area contributed by atoms with E-state index in [1.165, 1.54) is 36.4 Å². The van der Waals surface area contributed by atoms with Gasteiger partial charge in [-0.3, -0.25) is 10.2 Å². The van der Waals surface area contributed by atoms with Crippen molar-refractivity contribution in [3.63, 3.8) is 0 Å². The van der Waals surface area contributed by atoms with Gasteiger partial charge in [-0.15, -0.1) is 12.4 Å². The highest BCUT2D eigenvalue weighted by molar-refractivity contribution is 6.00. The number of fused-ring (bicyclic) bond motifs is 1. The van der Waals surface area contributed by atoms with Gasteiger partial charge in [0.05, 0.1) is 5.56 Å². The number of furan rings is 1. The van der Waals surface area contributed by atoms with Crippen molar-refractivity contribution in [1.82, 2.24) is 0 Å². The third-order valence-electron chi connectivity index (χ3n) is 5.37. The number of nitrogen functional groups attached to an aromatic ring is 1. The highest BCUT2D eigenvalue weighted by Gasteiger charge is 2.21. The first-order valence-electron chi connectivity index (χ1n) is 10.7. The van der Waals surface area contributed by atoms with Crippen LogP contribution in [0.3, 0.4) is 0 Å². The first-order chi connectivity index (χ1) is 17.2. The average molecular weight is 520 g/mol. The predicted octanol–water partition coefficient (Wildman–Crippen LogP) is 4.34. The van der Waals surface area contributed by atoms with Crippen molar-refractivity contribution in [3.8, 4) is 5.75 Å². The summed E-state index contributed by atoms with van der Waals surface area (Å²) >= 11 is 0. The van der Waals surface area contributed by atoms with E-state index in [4.69, 9.17) is 31.1 Å². The number of carboxylic acid groups (broad SMARTS) is 1. The lowest BCUT2D eigenvalue weighted by Gasteiger charge is -2.06. The number of halogens is 1. The summed E-state index contributed by atoms with van der Waals surface area (Å²) in [6.45, 7) is 0. The number of aromatic carboxylic acids is 1. The smallest absolute Gasteiger partial charge is 0.379 e. The lowest BCUT2D eigenvalue weighted by Crippen LogP contribution is -2.19. The molecule has 0 radical (unpaired) electrons. The van der Waals surface area contributed by atoms with Crippen LogP contribution in [-0.2, 0) is 4.79 Å². The van der Waals surface area contributed by atoms with Gasteiger partial charge < -0.3 is 25.7 Å². The molecule has 1 heterocycles. The number of esters is 1. The number of carbonyl (C=O) groups excluding carboxylic acids is 2. The van der Waals surface area contributed by atoms with Crippen LogP contribution in [0.4, 0.5) is 0 Å². The fraction of sp³-hybridized carbons (Fsp3) is 0.0370. The van der Waals surface area contributed by atoms with Crippen LogP contribution in [0, 0.1) is 5.41 Å². The molecule has 1 atom stereocenters. The first-order valence-corrected chi connectivity index (χ1v) is 10.7. The van der Waals surface area contributed by atoms with Crippen molar-refractivity contribution >= 4 is 52.8 Å². The third-order valence-corrected chi connectivity index (χ3v) is 5.37. The largest absolute Gasteiger partial charge is 0.478 e. The van der Waals surface area contributed by atoms with Crippen molar-refractivity contribution in [3.05, 3.63) is 107 Å². The number of nitrogens with two attached hydrogens (primary N) is 2. The molecule has 1 unspecified atom stereocenters. The highest BCUT2D eigenvalue weighted by Crippen LogP contribution is 2.24. The molecule has 0 aliphatic heterocycles. The van der Waals surface area contributed by atoms with E-state index in [0.29, 0.717) is 16.9 Å². The standard InChI is InChI=1S/C27H21N3O6.ClH/c28-24(21(31)10-3-15-1-4-16(5-2-15)26(32)33)22-11-12-23(36-22)27(34)35-20-9-8-17-13-19(25(29)30)7-6-18(17)14-20;/h1-14,24H,28H2,(H3,29,30)(H,32,33);1H. The average Bonchev–Trinajstić information content (AvgIpc) is 3.37. The van der Waals surface area contributed by atoms with Crippen LogP contribution >= 0.6 is 12.4 Å². The van der Waals surface area contributed by atoms with Crippen molar-refractivity contribution < 1.29 is 28.6 Å². The molecule has 0 spiro atoms. The zero-order chi connectivity index (χ0) is 25.8. The normalized spacial score (nSPS) is 11.6. The summed E-state index contributed by atoms with van der Waals surface area (Å²) in [6.07, 6.45) is 2.76. The van der Waals surface area contributed by atoms with Crippen molar-refractivity contribution in [1.29, 1.82) is 5.41 Å². The van der Waals surface area contributed by atoms with Crippen LogP contribution < -0.4 is 16.2 Å². The van der Waals surface area contributed by atoms with Gasteiger partial charge >= 0.3 is 11.9 Å². The lowest BCUT2D eigenvalue weighted by molar-refractivity contribution is -0.116. The van der Waals surface area contributed by atoms with Gasteiger partial charge in [0.1, 0.15) is 23.4 Å². The molecular formula is C27H22ClN3O6. The number of hydrogen-bond donors (Lipinski definition) is 4. The van der Waals surface area contributed by atoms with Gasteiger partial charge in [-0.2, -0.15) is 0 Å². The van der Waals surface area contributed by atoms with Crippen LogP contribution in [0.5, 0.6) is 5.75 Å². The van der Waals surface area contributed by atoms with Gasteiger partial charge in [-0.25, -0.2) is 9.59 Å². The predicted molar refractivity (Wildman–Crippen MR) is 140 cm³/mol. The second-order valence-electron chi connectivity index (χ2n) is 7.87. The summed E-state index contributed by atoms with van der Waals surface area (Å²) in [5.74, 6) is -2.04. The summed E-state index contributed by atoms with van der Waals surface area (Å²) < 4.78 is 10.9. The molecule has 0 bridgehead atoms. The number of ether oxygens (including phenoxy) is 1. The zero-order valence-electron chi connectivity index (χ0n) is 19.2. The number of hydrogen-bond acceptors (Lipinski definition) is 7. The molecule has 0 fully saturated rings. The van der Waals surface area contributed by atoms with E-state index in [1.54, 1.807) is 48.5 Å². The molecule has 10 heteroatoms. The maximum absolute atomic E-state index is 12.5. The Morgan fingerprint density at radius 2 is 1.57 bits per heavy atom. The van der Waals surface area contributed by atoms with E-state index in [1.807, 2.05) is 0 Å². The quantitative estimate of drug-likeness (QED) is 0.0875. The Hall–Kier alpha value is -4.73. The topological polar surface area (TPSA) is 170 Å². The Labute approximate surface area is 217 Å². The molecule has 4 aromatic rings. The van der Waals surface area contributed by atoms with Gasteiger partial charge in [0.15, 0.2) is 5.78 Å². The number of amidine groups is 1. The number of carboxylic acids is 1. The van der Waals surface area contributed by atoms with E-state index < -0.39 is 23.8 Å². The van der Waals surface area contributed by atoms with E-state index in [0.717, 1.165) is 10.8 Å². The summed E-state index contributed by atoms with van der Waals surface area (Å²) in [4.78, 5) is 35.9. The van der Waals surface area contributed by atoms with Gasteiger partial charge in [0.2, 0.25) is 5.76 Å². The van der Waals surface area contributed by atoms with Crippen molar-refractivity contribution in [2.24, 2.45) is 11.5 Å². The van der Waals surface area contributed by atoms with E-state index in [-0.39, 0.29) is 35.3 Å². The van der Waals surface area contributed by atoms with Crippen LogP contribution in [0.2, 0.25) is 0 Å². The van der Waals surface area contributed by atoms with E-state index in [2.05, 4.69) is 0 Å². The number of benzene rings is 3. The molecule has 0 saturated carbocycles. The molecule has 0 aliphatic rings. The Bertz CT molecular complexity index is 1520. The summed E-state index contributed by atoms with van der Waals surface area (Å²) in [5, 5.41) is 18.1. The molecular weight excluding hydrogens is 498 g/mol. The summed E-state index contributed by atoms with van der Waals surface area (Å²) in [7, 11) is 0. The fourth-order valence-electron chi connectivity index (χ4n) is 3.40. The minimum atomic E-state index is -1.14. The monoisotopic (exact) mass is 519 g/mol. The second kappa shape index (κ2) is 11.3. The molecule has 4 rings (SSSR count). The van der Waals surface area contributed by atoms with Gasteiger partial charge in [-0.05, 0) is 64.9 Å². The van der Waals surface area contributed by atoms with Gasteiger partial charge in [0.25, 0.3) is 0 Å². The molecule has 0 amide bonds. The molecule has 37 heavy (non-hydrogen) atoms. The Morgan fingerprint density at radius 1 is 0.919 bits per heavy atom.